The molecule has 0 fully saturated rings. The standard InChI is InChI=1S/C9H6Cl2FN5/c10-5-2-1-4(12)3-6(5)14-9-16-7(11)15-8(13)17-9/h1-3H,(H3,13,14,15,16,17). The molecule has 0 spiro atoms. The van der Waals surface area contributed by atoms with Gasteiger partial charge in [-0.3, -0.25) is 0 Å². The lowest BCUT2D eigenvalue weighted by Gasteiger charge is -2.07. The molecule has 8 heteroatoms. The molecule has 5 nitrogen and oxygen atoms in total. The van der Waals surface area contributed by atoms with Crippen molar-refractivity contribution in [2.45, 2.75) is 0 Å². The molecule has 0 atom stereocenters. The zero-order valence-corrected chi connectivity index (χ0v) is 9.80. The van der Waals surface area contributed by atoms with Gasteiger partial charge in [-0.05, 0) is 29.8 Å². The first-order valence-corrected chi connectivity index (χ1v) is 5.19. The second kappa shape index (κ2) is 4.68. The SMILES string of the molecule is Nc1nc(Cl)nc(Nc2cc(F)ccc2Cl)n1. The molecule has 0 aliphatic heterocycles. The van der Waals surface area contributed by atoms with Crippen LogP contribution < -0.4 is 11.1 Å². The van der Waals surface area contributed by atoms with Crippen LogP contribution in [0.3, 0.4) is 0 Å². The van der Waals surface area contributed by atoms with Crippen LogP contribution in [0.5, 0.6) is 0 Å². The highest BCUT2D eigenvalue weighted by Crippen LogP contribution is 2.25. The van der Waals surface area contributed by atoms with Crippen LogP contribution in [0.15, 0.2) is 18.2 Å². The highest BCUT2D eigenvalue weighted by molar-refractivity contribution is 6.33. The molecule has 0 radical (unpaired) electrons. The van der Waals surface area contributed by atoms with E-state index in [1.165, 1.54) is 18.2 Å². The van der Waals surface area contributed by atoms with Gasteiger partial charge in [-0.15, -0.1) is 0 Å². The Kier molecular flexibility index (Phi) is 3.26. The summed E-state index contributed by atoms with van der Waals surface area (Å²) in [4.78, 5) is 11.1. The van der Waals surface area contributed by atoms with Crippen LogP contribution in [-0.2, 0) is 0 Å². The molecular formula is C9H6Cl2FN5. The molecule has 3 N–H and O–H groups in total. The summed E-state index contributed by atoms with van der Waals surface area (Å²) in [5.41, 5.74) is 5.70. The predicted molar refractivity (Wildman–Crippen MR) is 63.9 cm³/mol. The Bertz CT molecular complexity index is 543. The first-order valence-electron chi connectivity index (χ1n) is 4.44. The van der Waals surface area contributed by atoms with E-state index in [2.05, 4.69) is 20.3 Å². The first kappa shape index (κ1) is 11.8. The summed E-state index contributed by atoms with van der Waals surface area (Å²) >= 11 is 11.5. The van der Waals surface area contributed by atoms with E-state index in [0.29, 0.717) is 10.7 Å². The van der Waals surface area contributed by atoms with E-state index in [0.717, 1.165) is 0 Å². The number of rotatable bonds is 2. The van der Waals surface area contributed by atoms with Crippen molar-refractivity contribution in [1.29, 1.82) is 0 Å². The molecule has 17 heavy (non-hydrogen) atoms. The summed E-state index contributed by atoms with van der Waals surface area (Å²) < 4.78 is 13.0. The minimum absolute atomic E-state index is 0.0416. The number of hydrogen-bond acceptors (Lipinski definition) is 5. The lowest BCUT2D eigenvalue weighted by atomic mass is 10.3. The van der Waals surface area contributed by atoms with Crippen LogP contribution in [0.1, 0.15) is 0 Å². The second-order valence-electron chi connectivity index (χ2n) is 3.04. The Morgan fingerprint density at radius 2 is 1.94 bits per heavy atom. The highest BCUT2D eigenvalue weighted by Gasteiger charge is 2.06. The van der Waals surface area contributed by atoms with Crippen molar-refractivity contribution < 1.29 is 4.39 Å². The van der Waals surface area contributed by atoms with E-state index in [9.17, 15) is 4.39 Å². The number of benzene rings is 1. The Hall–Kier alpha value is -1.66. The fraction of sp³-hybridized carbons (Fsp3) is 0. The maximum absolute atomic E-state index is 13.0. The van der Waals surface area contributed by atoms with Gasteiger partial charge in [0.25, 0.3) is 0 Å². The molecule has 0 aliphatic carbocycles. The third-order valence-electron chi connectivity index (χ3n) is 1.80. The summed E-state index contributed by atoms with van der Waals surface area (Å²) in [5, 5.41) is 2.95. The number of hydrogen-bond donors (Lipinski definition) is 2. The molecule has 0 unspecified atom stereocenters. The van der Waals surface area contributed by atoms with Crippen LogP contribution in [0.25, 0.3) is 0 Å². The van der Waals surface area contributed by atoms with Crippen molar-refractivity contribution in [1.82, 2.24) is 15.0 Å². The highest BCUT2D eigenvalue weighted by atomic mass is 35.5. The van der Waals surface area contributed by atoms with Crippen molar-refractivity contribution in [3.05, 3.63) is 34.3 Å². The number of nitrogen functional groups attached to an aromatic ring is 1. The van der Waals surface area contributed by atoms with E-state index in [1.54, 1.807) is 0 Å². The maximum Gasteiger partial charge on any atom is 0.233 e. The average Bonchev–Trinajstić information content (AvgIpc) is 2.22. The number of anilines is 3. The topological polar surface area (TPSA) is 76.7 Å². The smallest absolute Gasteiger partial charge is 0.233 e. The van der Waals surface area contributed by atoms with Crippen molar-refractivity contribution in [2.75, 3.05) is 11.1 Å². The largest absolute Gasteiger partial charge is 0.368 e. The Labute approximate surface area is 106 Å². The third kappa shape index (κ3) is 2.92. The average molecular weight is 274 g/mol. The van der Waals surface area contributed by atoms with Crippen LogP contribution in [0, 0.1) is 5.82 Å². The van der Waals surface area contributed by atoms with Crippen molar-refractivity contribution >= 4 is 40.8 Å². The monoisotopic (exact) mass is 273 g/mol. The molecule has 0 aliphatic rings. The van der Waals surface area contributed by atoms with Crippen LogP contribution >= 0.6 is 23.2 Å². The number of nitrogens with zero attached hydrogens (tertiary/aromatic N) is 3. The molecule has 0 bridgehead atoms. The lowest BCUT2D eigenvalue weighted by molar-refractivity contribution is 0.628. The molecule has 0 amide bonds. The fourth-order valence-corrected chi connectivity index (χ4v) is 1.47. The van der Waals surface area contributed by atoms with Gasteiger partial charge < -0.3 is 11.1 Å². The molecule has 0 saturated heterocycles. The van der Waals surface area contributed by atoms with Gasteiger partial charge >= 0.3 is 0 Å². The van der Waals surface area contributed by atoms with Crippen molar-refractivity contribution in [3.8, 4) is 0 Å². The van der Waals surface area contributed by atoms with E-state index < -0.39 is 5.82 Å². The fourth-order valence-electron chi connectivity index (χ4n) is 1.14. The van der Waals surface area contributed by atoms with Crippen LogP contribution in [0.4, 0.5) is 22.0 Å². The van der Waals surface area contributed by atoms with Crippen LogP contribution in [-0.4, -0.2) is 15.0 Å². The van der Waals surface area contributed by atoms with Gasteiger partial charge in [0.2, 0.25) is 17.2 Å². The van der Waals surface area contributed by atoms with E-state index in [-0.39, 0.29) is 17.2 Å². The molecule has 1 aromatic heterocycles. The van der Waals surface area contributed by atoms with Gasteiger partial charge in [0.15, 0.2) is 0 Å². The summed E-state index contributed by atoms with van der Waals surface area (Å²) in [6.07, 6.45) is 0. The van der Waals surface area contributed by atoms with Gasteiger partial charge in [-0.25, -0.2) is 4.39 Å². The Morgan fingerprint density at radius 3 is 2.65 bits per heavy atom. The molecule has 2 rings (SSSR count). The van der Waals surface area contributed by atoms with Gasteiger partial charge in [0.05, 0.1) is 10.7 Å². The molecule has 1 heterocycles. The number of nitrogens with two attached hydrogens (primary N) is 1. The van der Waals surface area contributed by atoms with E-state index >= 15 is 0 Å². The second-order valence-corrected chi connectivity index (χ2v) is 3.78. The summed E-state index contributed by atoms with van der Waals surface area (Å²) in [5.74, 6) is -0.389. The molecule has 0 saturated carbocycles. The van der Waals surface area contributed by atoms with Gasteiger partial charge in [0.1, 0.15) is 5.82 Å². The predicted octanol–water partition coefficient (Wildman–Crippen LogP) is 2.64. The van der Waals surface area contributed by atoms with Crippen LogP contribution in [0.2, 0.25) is 10.3 Å². The van der Waals surface area contributed by atoms with Crippen molar-refractivity contribution in [3.63, 3.8) is 0 Å². The lowest BCUT2D eigenvalue weighted by Crippen LogP contribution is -2.03. The Balaban J connectivity index is 2.34. The maximum atomic E-state index is 13.0. The van der Waals surface area contributed by atoms with E-state index in [4.69, 9.17) is 28.9 Å². The quantitative estimate of drug-likeness (QED) is 0.880. The van der Waals surface area contributed by atoms with Gasteiger partial charge in [0, 0.05) is 0 Å². The van der Waals surface area contributed by atoms with E-state index in [1.807, 2.05) is 0 Å². The summed E-state index contributed by atoms with van der Waals surface area (Å²) in [6.45, 7) is 0. The molecule has 2 aromatic rings. The zero-order valence-electron chi connectivity index (χ0n) is 8.28. The number of nitrogens with one attached hydrogen (secondary N) is 1. The van der Waals surface area contributed by atoms with Gasteiger partial charge in [-0.2, -0.15) is 15.0 Å². The number of halogens is 3. The Morgan fingerprint density at radius 1 is 1.18 bits per heavy atom. The summed E-state index contributed by atoms with van der Waals surface area (Å²) in [6, 6.07) is 3.85. The van der Waals surface area contributed by atoms with Crippen molar-refractivity contribution in [2.24, 2.45) is 0 Å². The van der Waals surface area contributed by atoms with Gasteiger partial charge in [-0.1, -0.05) is 11.6 Å². The third-order valence-corrected chi connectivity index (χ3v) is 2.30. The normalized spacial score (nSPS) is 10.3. The molecule has 1 aromatic carbocycles. The molecule has 88 valence electrons. The minimum Gasteiger partial charge on any atom is -0.368 e. The first-order chi connectivity index (χ1) is 8.04. The molecular weight excluding hydrogens is 268 g/mol. The summed E-state index contributed by atoms with van der Waals surface area (Å²) in [7, 11) is 0. The number of aromatic nitrogens is 3. The minimum atomic E-state index is -0.440. The zero-order chi connectivity index (χ0) is 12.4.